The quantitative estimate of drug-likeness (QED) is 0.858. The Morgan fingerprint density at radius 2 is 1.88 bits per heavy atom. The number of amides is 2. The van der Waals surface area contributed by atoms with Gasteiger partial charge in [-0.25, -0.2) is 8.78 Å². The maximum atomic E-state index is 13.9. The van der Waals surface area contributed by atoms with Crippen molar-refractivity contribution in [2.45, 2.75) is 12.8 Å². The van der Waals surface area contributed by atoms with Crippen LogP contribution in [0.4, 0.5) is 14.5 Å². The number of benzene rings is 2. The average molecular weight is 356 g/mol. The maximum absolute atomic E-state index is 13.9. The monoisotopic (exact) mass is 356 g/mol. The summed E-state index contributed by atoms with van der Waals surface area (Å²) in [4.78, 5) is 25.4. The average Bonchev–Trinajstić information content (AvgIpc) is 2.65. The standard InChI is InChI=1S/C20H18F2N2O2/c1-23-20(26)14-7-4-13(5-8-14)6-9-19(25)24-10-2-3-16-17(22)11-15(21)12-18(16)24/h4-9,11-12H,2-3,10H2,1H3,(H,23,26)/b9-6+. The smallest absolute Gasteiger partial charge is 0.251 e. The predicted molar refractivity (Wildman–Crippen MR) is 95.9 cm³/mol. The molecule has 0 saturated heterocycles. The minimum Gasteiger partial charge on any atom is -0.355 e. The molecule has 6 heteroatoms. The fourth-order valence-corrected chi connectivity index (χ4v) is 2.99. The summed E-state index contributed by atoms with van der Waals surface area (Å²) in [6, 6.07) is 8.79. The van der Waals surface area contributed by atoms with Crippen LogP contribution >= 0.6 is 0 Å². The van der Waals surface area contributed by atoms with Crippen molar-refractivity contribution < 1.29 is 18.4 Å². The Morgan fingerprint density at radius 1 is 1.15 bits per heavy atom. The first-order valence-electron chi connectivity index (χ1n) is 8.29. The van der Waals surface area contributed by atoms with Crippen LogP contribution in [0.1, 0.15) is 27.9 Å². The van der Waals surface area contributed by atoms with E-state index < -0.39 is 11.6 Å². The molecule has 1 N–H and O–H groups in total. The van der Waals surface area contributed by atoms with Crippen LogP contribution in [0.2, 0.25) is 0 Å². The highest BCUT2D eigenvalue weighted by atomic mass is 19.1. The third kappa shape index (κ3) is 3.64. The van der Waals surface area contributed by atoms with E-state index in [0.717, 1.165) is 11.6 Å². The SMILES string of the molecule is CNC(=O)c1ccc(/C=C/C(=O)N2CCCc3c(F)cc(F)cc32)cc1. The van der Waals surface area contributed by atoms with Crippen molar-refractivity contribution in [1.29, 1.82) is 0 Å². The van der Waals surface area contributed by atoms with Crippen molar-refractivity contribution in [2.24, 2.45) is 0 Å². The zero-order chi connectivity index (χ0) is 18.7. The van der Waals surface area contributed by atoms with E-state index >= 15 is 0 Å². The van der Waals surface area contributed by atoms with Gasteiger partial charge in [0.2, 0.25) is 0 Å². The molecular weight excluding hydrogens is 338 g/mol. The Kier molecular flexibility index (Phi) is 5.11. The summed E-state index contributed by atoms with van der Waals surface area (Å²) in [6.45, 7) is 0.411. The number of halogens is 2. The minimum atomic E-state index is -0.699. The molecule has 134 valence electrons. The van der Waals surface area contributed by atoms with Crippen molar-refractivity contribution >= 4 is 23.6 Å². The van der Waals surface area contributed by atoms with Crippen LogP contribution in [0.25, 0.3) is 6.08 Å². The zero-order valence-electron chi connectivity index (χ0n) is 14.3. The van der Waals surface area contributed by atoms with Gasteiger partial charge in [-0.05, 0) is 42.7 Å². The Hall–Kier alpha value is -3.02. The lowest BCUT2D eigenvalue weighted by Gasteiger charge is -2.28. The second-order valence-corrected chi connectivity index (χ2v) is 6.01. The van der Waals surface area contributed by atoms with Gasteiger partial charge < -0.3 is 10.2 Å². The topological polar surface area (TPSA) is 49.4 Å². The number of nitrogens with zero attached hydrogens (tertiary/aromatic N) is 1. The number of fused-ring (bicyclic) bond motifs is 1. The van der Waals surface area contributed by atoms with Gasteiger partial charge in [-0.15, -0.1) is 0 Å². The first-order valence-corrected chi connectivity index (χ1v) is 8.29. The van der Waals surface area contributed by atoms with Gasteiger partial charge in [0, 0.05) is 36.9 Å². The molecular formula is C20H18F2N2O2. The molecule has 0 bridgehead atoms. The van der Waals surface area contributed by atoms with E-state index in [9.17, 15) is 18.4 Å². The number of hydrogen-bond donors (Lipinski definition) is 1. The number of carbonyl (C=O) groups excluding carboxylic acids is 2. The molecule has 0 fully saturated rings. The Labute approximate surface area is 150 Å². The van der Waals surface area contributed by atoms with E-state index in [4.69, 9.17) is 0 Å². The van der Waals surface area contributed by atoms with Gasteiger partial charge in [0.1, 0.15) is 11.6 Å². The Morgan fingerprint density at radius 3 is 2.58 bits per heavy atom. The first kappa shape index (κ1) is 17.8. The van der Waals surface area contributed by atoms with E-state index in [1.165, 1.54) is 17.0 Å². The number of hydrogen-bond acceptors (Lipinski definition) is 2. The van der Waals surface area contributed by atoms with E-state index in [2.05, 4.69) is 5.32 Å². The predicted octanol–water partition coefficient (Wildman–Crippen LogP) is 3.32. The second-order valence-electron chi connectivity index (χ2n) is 6.01. The molecule has 2 aromatic rings. The van der Waals surface area contributed by atoms with Crippen molar-refractivity contribution in [3.8, 4) is 0 Å². The molecule has 1 aliphatic heterocycles. The van der Waals surface area contributed by atoms with Crippen LogP contribution in [0, 0.1) is 11.6 Å². The van der Waals surface area contributed by atoms with Gasteiger partial charge in [-0.2, -0.15) is 0 Å². The van der Waals surface area contributed by atoms with Crippen LogP contribution in [-0.2, 0) is 11.2 Å². The van der Waals surface area contributed by atoms with E-state index in [0.29, 0.717) is 36.2 Å². The minimum absolute atomic E-state index is 0.189. The zero-order valence-corrected chi connectivity index (χ0v) is 14.3. The van der Waals surface area contributed by atoms with Crippen LogP contribution in [0.5, 0.6) is 0 Å². The lowest BCUT2D eigenvalue weighted by molar-refractivity contribution is -0.114. The van der Waals surface area contributed by atoms with Gasteiger partial charge in [0.15, 0.2) is 0 Å². The highest BCUT2D eigenvalue weighted by Crippen LogP contribution is 2.30. The lowest BCUT2D eigenvalue weighted by Crippen LogP contribution is -2.34. The van der Waals surface area contributed by atoms with Crippen molar-refractivity contribution in [2.75, 3.05) is 18.5 Å². The maximum Gasteiger partial charge on any atom is 0.251 e. The molecule has 0 atom stereocenters. The molecule has 1 aliphatic rings. The summed E-state index contributed by atoms with van der Waals surface area (Å²) in [5.41, 5.74) is 1.92. The molecule has 0 radical (unpaired) electrons. The molecule has 26 heavy (non-hydrogen) atoms. The van der Waals surface area contributed by atoms with Gasteiger partial charge >= 0.3 is 0 Å². The second kappa shape index (κ2) is 7.47. The first-order chi connectivity index (χ1) is 12.5. The third-order valence-corrected chi connectivity index (χ3v) is 4.32. The highest BCUT2D eigenvalue weighted by molar-refractivity contribution is 6.04. The Bertz CT molecular complexity index is 876. The van der Waals surface area contributed by atoms with E-state index in [-0.39, 0.29) is 11.8 Å². The molecule has 0 saturated carbocycles. The largest absolute Gasteiger partial charge is 0.355 e. The fraction of sp³-hybridized carbons (Fsp3) is 0.200. The van der Waals surface area contributed by atoms with Crippen LogP contribution in [0.3, 0.4) is 0 Å². The van der Waals surface area contributed by atoms with Crippen molar-refractivity contribution in [3.05, 3.63) is 70.8 Å². The Balaban J connectivity index is 1.79. The molecule has 4 nitrogen and oxygen atoms in total. The number of anilines is 1. The molecule has 1 heterocycles. The number of carbonyl (C=O) groups is 2. The summed E-state index contributed by atoms with van der Waals surface area (Å²) < 4.78 is 27.5. The molecule has 0 unspecified atom stereocenters. The number of nitrogens with one attached hydrogen (secondary N) is 1. The summed E-state index contributed by atoms with van der Waals surface area (Å²) in [7, 11) is 1.55. The number of rotatable bonds is 3. The molecule has 2 aromatic carbocycles. The van der Waals surface area contributed by atoms with Gasteiger partial charge in [0.05, 0.1) is 5.69 Å². The molecule has 2 amide bonds. The van der Waals surface area contributed by atoms with Crippen molar-refractivity contribution in [1.82, 2.24) is 5.32 Å². The molecule has 3 rings (SSSR count). The van der Waals surface area contributed by atoms with Gasteiger partial charge in [-0.1, -0.05) is 12.1 Å². The molecule has 0 spiro atoms. The van der Waals surface area contributed by atoms with Crippen LogP contribution < -0.4 is 10.2 Å². The fourth-order valence-electron chi connectivity index (χ4n) is 2.99. The van der Waals surface area contributed by atoms with Crippen LogP contribution in [0.15, 0.2) is 42.5 Å². The normalized spacial score (nSPS) is 13.6. The lowest BCUT2D eigenvalue weighted by atomic mass is 10.0. The molecule has 0 aliphatic carbocycles. The van der Waals surface area contributed by atoms with Gasteiger partial charge in [-0.3, -0.25) is 9.59 Å². The summed E-state index contributed by atoms with van der Waals surface area (Å²) in [6.07, 6.45) is 4.08. The summed E-state index contributed by atoms with van der Waals surface area (Å²) >= 11 is 0. The summed E-state index contributed by atoms with van der Waals surface area (Å²) in [5.74, 6) is -1.85. The third-order valence-electron chi connectivity index (χ3n) is 4.32. The summed E-state index contributed by atoms with van der Waals surface area (Å²) in [5, 5.41) is 2.53. The highest BCUT2D eigenvalue weighted by Gasteiger charge is 2.24. The van der Waals surface area contributed by atoms with Gasteiger partial charge in [0.25, 0.3) is 11.8 Å². The van der Waals surface area contributed by atoms with Crippen LogP contribution in [-0.4, -0.2) is 25.4 Å². The van der Waals surface area contributed by atoms with Crippen molar-refractivity contribution in [3.63, 3.8) is 0 Å². The van der Waals surface area contributed by atoms with E-state index in [1.807, 2.05) is 0 Å². The molecule has 0 aromatic heterocycles. The van der Waals surface area contributed by atoms with E-state index in [1.54, 1.807) is 37.4 Å².